The third kappa shape index (κ3) is 3.27. The van der Waals surface area contributed by atoms with Crippen molar-refractivity contribution in [2.75, 3.05) is 6.54 Å². The summed E-state index contributed by atoms with van der Waals surface area (Å²) in [5.41, 5.74) is 2.31. The Morgan fingerprint density at radius 3 is 2.38 bits per heavy atom. The summed E-state index contributed by atoms with van der Waals surface area (Å²) >= 11 is 6.05. The maximum Gasteiger partial charge on any atom is 0.130 e. The van der Waals surface area contributed by atoms with Gasteiger partial charge in [0.2, 0.25) is 0 Å². The Labute approximate surface area is 156 Å². The lowest BCUT2D eigenvalue weighted by Crippen LogP contribution is -2.30. The topological polar surface area (TPSA) is 8.17 Å². The van der Waals surface area contributed by atoms with Crippen LogP contribution in [0, 0.1) is 11.6 Å². The first-order chi connectivity index (χ1) is 12.6. The molecule has 4 rings (SSSR count). The third-order valence-electron chi connectivity index (χ3n) is 4.96. The molecule has 26 heavy (non-hydrogen) atoms. The Morgan fingerprint density at radius 1 is 0.923 bits per heavy atom. The van der Waals surface area contributed by atoms with Gasteiger partial charge >= 0.3 is 0 Å². The van der Waals surface area contributed by atoms with Gasteiger partial charge in [-0.05, 0) is 48.4 Å². The zero-order chi connectivity index (χ0) is 18.1. The predicted molar refractivity (Wildman–Crippen MR) is 99.1 cm³/mol. The summed E-state index contributed by atoms with van der Waals surface area (Å²) in [4.78, 5) is 2.14. The highest BCUT2D eigenvalue weighted by Gasteiger charge is 2.28. The molecule has 134 valence electrons. The van der Waals surface area contributed by atoms with Crippen LogP contribution in [0.25, 0.3) is 0 Å². The first-order valence-electron chi connectivity index (χ1n) is 8.71. The average molecular weight is 373 g/mol. The van der Waals surface area contributed by atoms with Crippen LogP contribution in [0.2, 0.25) is 5.02 Å². The summed E-state index contributed by atoms with van der Waals surface area (Å²) in [6.45, 7) is 1.86. The Balaban J connectivity index is 1.77. The van der Waals surface area contributed by atoms with Crippen molar-refractivity contribution in [1.29, 1.82) is 0 Å². The van der Waals surface area contributed by atoms with Crippen LogP contribution in [0.4, 0.5) is 8.78 Å². The first-order valence-corrected chi connectivity index (χ1v) is 9.09. The van der Waals surface area contributed by atoms with Gasteiger partial charge in [0.25, 0.3) is 0 Å². The highest BCUT2D eigenvalue weighted by atomic mass is 35.5. The van der Waals surface area contributed by atoms with E-state index in [0.29, 0.717) is 5.02 Å². The molecule has 1 aromatic heterocycles. The lowest BCUT2D eigenvalue weighted by atomic mass is 10.0. The van der Waals surface area contributed by atoms with Gasteiger partial charge in [-0.1, -0.05) is 29.8 Å². The summed E-state index contributed by atoms with van der Waals surface area (Å²) in [5.74, 6) is -1.00. The van der Waals surface area contributed by atoms with Crippen molar-refractivity contribution in [3.05, 3.63) is 94.3 Å². The third-order valence-corrected chi connectivity index (χ3v) is 5.21. The molecule has 1 aliphatic heterocycles. The molecule has 5 heteroatoms. The van der Waals surface area contributed by atoms with Crippen molar-refractivity contribution in [3.8, 4) is 0 Å². The lowest BCUT2D eigenvalue weighted by Gasteiger charge is -2.31. The number of rotatable bonds is 3. The average Bonchev–Trinajstić information content (AvgIpc) is 3.01. The summed E-state index contributed by atoms with van der Waals surface area (Å²) < 4.78 is 30.7. The number of aromatic nitrogens is 1. The van der Waals surface area contributed by atoms with Gasteiger partial charge in [0.1, 0.15) is 11.6 Å². The predicted octanol–water partition coefficient (Wildman–Crippen LogP) is 5.42. The van der Waals surface area contributed by atoms with E-state index in [4.69, 9.17) is 11.6 Å². The first kappa shape index (κ1) is 17.3. The van der Waals surface area contributed by atoms with Crippen LogP contribution in [-0.4, -0.2) is 16.0 Å². The monoisotopic (exact) mass is 372 g/mol. The highest BCUT2D eigenvalue weighted by molar-refractivity contribution is 6.30. The molecule has 0 aliphatic carbocycles. The quantitative estimate of drug-likeness (QED) is 0.596. The lowest BCUT2D eigenvalue weighted by molar-refractivity contribution is 0.214. The fourth-order valence-electron chi connectivity index (χ4n) is 3.72. The second-order valence-electron chi connectivity index (χ2n) is 6.60. The fourth-order valence-corrected chi connectivity index (χ4v) is 3.85. The Hall–Kier alpha value is -2.17. The van der Waals surface area contributed by atoms with Crippen molar-refractivity contribution in [2.24, 2.45) is 0 Å². The summed E-state index contributed by atoms with van der Waals surface area (Å²) in [6, 6.07) is 15.7. The van der Waals surface area contributed by atoms with Crippen molar-refractivity contribution in [1.82, 2.24) is 9.47 Å². The fraction of sp³-hybridized carbons (Fsp3) is 0.238. The molecule has 1 aliphatic rings. The van der Waals surface area contributed by atoms with Crippen molar-refractivity contribution in [2.45, 2.75) is 25.6 Å². The number of fused-ring (bicyclic) bond motifs is 1. The van der Waals surface area contributed by atoms with E-state index >= 15 is 0 Å². The van der Waals surface area contributed by atoms with Crippen LogP contribution in [0.5, 0.6) is 0 Å². The zero-order valence-electron chi connectivity index (χ0n) is 14.2. The molecule has 0 saturated carbocycles. The van der Waals surface area contributed by atoms with Crippen LogP contribution in [0.3, 0.4) is 0 Å². The van der Waals surface area contributed by atoms with Crippen LogP contribution in [0.1, 0.15) is 29.3 Å². The van der Waals surface area contributed by atoms with Gasteiger partial charge in [0, 0.05) is 42.1 Å². The minimum absolute atomic E-state index is 0.0798. The number of halogens is 3. The molecule has 1 unspecified atom stereocenters. The molecule has 2 heterocycles. The molecule has 3 aromatic rings. The minimum atomic E-state index is -0.500. The number of nitrogens with zero attached hydrogens (tertiary/aromatic N) is 2. The maximum atomic E-state index is 14.2. The molecule has 2 nitrogen and oxygen atoms in total. The standard InChI is InChI=1S/C21H19ClF2N2/c22-16-9-7-15(8-10-16)21-20-6-2-11-25(20)12-3-13-26(21)14-17-18(23)4-1-5-19(17)24/h1-2,4-11,21H,3,12-14H2. The van der Waals surface area contributed by atoms with E-state index in [1.807, 2.05) is 30.3 Å². The van der Waals surface area contributed by atoms with Crippen LogP contribution in [0.15, 0.2) is 60.8 Å². The van der Waals surface area contributed by atoms with E-state index < -0.39 is 11.6 Å². The number of benzene rings is 2. The second-order valence-corrected chi connectivity index (χ2v) is 7.04. The molecular weight excluding hydrogens is 354 g/mol. The van der Waals surface area contributed by atoms with Crippen LogP contribution in [-0.2, 0) is 13.1 Å². The summed E-state index contributed by atoms with van der Waals surface area (Å²) in [7, 11) is 0. The molecule has 0 saturated heterocycles. The molecule has 0 spiro atoms. The van der Waals surface area contributed by atoms with E-state index in [0.717, 1.165) is 30.8 Å². The maximum absolute atomic E-state index is 14.2. The second kappa shape index (κ2) is 7.22. The molecule has 2 aromatic carbocycles. The van der Waals surface area contributed by atoms with Crippen molar-refractivity contribution < 1.29 is 8.78 Å². The number of aryl methyl sites for hydroxylation is 1. The Kier molecular flexibility index (Phi) is 4.79. The molecular formula is C21H19ClF2N2. The number of hydrogen-bond donors (Lipinski definition) is 0. The minimum Gasteiger partial charge on any atom is -0.350 e. The van der Waals surface area contributed by atoms with Gasteiger partial charge < -0.3 is 4.57 Å². The Morgan fingerprint density at radius 2 is 1.65 bits per heavy atom. The van der Waals surface area contributed by atoms with Gasteiger partial charge in [-0.25, -0.2) is 8.78 Å². The van der Waals surface area contributed by atoms with Gasteiger partial charge in [0.05, 0.1) is 6.04 Å². The highest BCUT2D eigenvalue weighted by Crippen LogP contribution is 2.34. The summed E-state index contributed by atoms with van der Waals surface area (Å²) in [6.07, 6.45) is 2.98. The van der Waals surface area contributed by atoms with Crippen molar-refractivity contribution in [3.63, 3.8) is 0 Å². The van der Waals surface area contributed by atoms with E-state index in [9.17, 15) is 8.78 Å². The van der Waals surface area contributed by atoms with Gasteiger partial charge in [0.15, 0.2) is 0 Å². The summed E-state index contributed by atoms with van der Waals surface area (Å²) in [5, 5.41) is 0.671. The molecule has 0 bridgehead atoms. The molecule has 0 radical (unpaired) electrons. The SMILES string of the molecule is Fc1cccc(F)c1CN1CCCn2cccc2C1c1ccc(Cl)cc1. The van der Waals surface area contributed by atoms with Crippen LogP contribution >= 0.6 is 11.6 Å². The van der Waals surface area contributed by atoms with E-state index in [2.05, 4.69) is 21.7 Å². The van der Waals surface area contributed by atoms with Gasteiger partial charge in [-0.3, -0.25) is 4.90 Å². The molecule has 0 fully saturated rings. The molecule has 0 amide bonds. The van der Waals surface area contributed by atoms with Gasteiger partial charge in [-0.15, -0.1) is 0 Å². The normalized spacial score (nSPS) is 17.7. The van der Waals surface area contributed by atoms with Gasteiger partial charge in [-0.2, -0.15) is 0 Å². The number of hydrogen-bond acceptors (Lipinski definition) is 1. The van der Waals surface area contributed by atoms with Crippen molar-refractivity contribution >= 4 is 11.6 Å². The zero-order valence-corrected chi connectivity index (χ0v) is 15.0. The largest absolute Gasteiger partial charge is 0.350 e. The smallest absolute Gasteiger partial charge is 0.130 e. The molecule has 1 atom stereocenters. The van der Waals surface area contributed by atoms with E-state index in [1.165, 1.54) is 18.2 Å². The van der Waals surface area contributed by atoms with Crippen LogP contribution < -0.4 is 0 Å². The molecule has 0 N–H and O–H groups in total. The Bertz CT molecular complexity index is 884. The van der Waals surface area contributed by atoms with E-state index in [-0.39, 0.29) is 18.2 Å². The van der Waals surface area contributed by atoms with E-state index in [1.54, 1.807) is 0 Å².